The van der Waals surface area contributed by atoms with Crippen LogP contribution in [0.15, 0.2) is 152 Å². The fourth-order valence-electron chi connectivity index (χ4n) is 12.8. The van der Waals surface area contributed by atoms with Gasteiger partial charge in [-0.15, -0.1) is 0 Å². The molecule has 1 unspecified atom stereocenters. The van der Waals surface area contributed by atoms with Gasteiger partial charge in [0.1, 0.15) is 23.3 Å². The first-order valence-corrected chi connectivity index (χ1v) is 37.8. The number of hydrogen-bond acceptors (Lipinski definition) is 13. The van der Waals surface area contributed by atoms with Gasteiger partial charge in [-0.1, -0.05) is 79.7 Å². The van der Waals surface area contributed by atoms with Gasteiger partial charge in [0.2, 0.25) is 0 Å². The Morgan fingerprint density at radius 2 is 0.868 bits per heavy atom. The first kappa shape index (κ1) is 83.2. The minimum atomic E-state index is -0.850. The number of nitrogens with one attached hydrogen (secondary N) is 3. The number of H-pyrrole nitrogens is 3. The zero-order valence-corrected chi connectivity index (χ0v) is 64.8. The van der Waals surface area contributed by atoms with Gasteiger partial charge in [-0.2, -0.15) is 25.5 Å². The summed E-state index contributed by atoms with van der Waals surface area (Å²) in [5.74, 6) is -0.932. The minimum Gasteiger partial charge on any atom is -0.394 e. The summed E-state index contributed by atoms with van der Waals surface area (Å²) in [6.45, 7) is 32.9. The number of rotatable bonds is 31. The quantitative estimate of drug-likeness (QED) is 0.0259. The first-order valence-electron chi connectivity index (χ1n) is 37.8. The zero-order valence-electron chi connectivity index (χ0n) is 64.8. The van der Waals surface area contributed by atoms with Gasteiger partial charge in [-0.3, -0.25) is 34.5 Å². The predicted molar refractivity (Wildman–Crippen MR) is 418 cm³/mol. The smallest absolute Gasteiger partial charge is 0.123 e. The van der Waals surface area contributed by atoms with Crippen molar-refractivity contribution in [3.63, 3.8) is 0 Å². The molecule has 22 heteroatoms. The van der Waals surface area contributed by atoms with Crippen molar-refractivity contribution in [2.45, 2.75) is 183 Å². The molecule has 2 aliphatic rings. The van der Waals surface area contributed by atoms with E-state index in [1.54, 1.807) is 53.2 Å². The van der Waals surface area contributed by atoms with Gasteiger partial charge in [0, 0.05) is 107 Å². The summed E-state index contributed by atoms with van der Waals surface area (Å²) in [7, 11) is 6.31. The van der Waals surface area contributed by atoms with Crippen molar-refractivity contribution in [2.24, 2.45) is 0 Å². The molecular formula is C84H115F4N15O3. The van der Waals surface area contributed by atoms with E-state index in [4.69, 9.17) is 14.9 Å². The molecule has 5 aromatic heterocycles. The average Bonchev–Trinajstić information content (AvgIpc) is 1.65. The highest BCUT2D eigenvalue weighted by atomic mass is 19.1. The SMILES string of the molecule is CCCN(C)Cc1cn(C2COC2)nc1-c1ccc(F)cc1.CCCN(C)Cc1cn(CC(O)CO)nc1-c1ccc(F)cc1.CCCN(C)Cc1cn[nH]c1-c1ccc(C(C)(C)C)cc1.CCCN(Cc1cn[nH]c1-c1ccc(F)cc1)C(C)C.CCCN(Cc1cn[nH]c1-c1ccc(F)cc1)C1CC1. The topological polar surface area (TPSA) is 188 Å². The molecule has 1 aliphatic heterocycles. The zero-order chi connectivity index (χ0) is 76.3. The fourth-order valence-corrected chi connectivity index (χ4v) is 12.8. The number of nitrogens with zero attached hydrogens (tertiary/aromatic N) is 12. The van der Waals surface area contributed by atoms with Gasteiger partial charge in [-0.25, -0.2) is 17.6 Å². The fraction of sp³-hybridized carbons (Fsp3) is 0.464. The van der Waals surface area contributed by atoms with E-state index in [1.807, 2.05) is 36.5 Å². The molecule has 18 nitrogen and oxygen atoms in total. The molecule has 572 valence electrons. The van der Waals surface area contributed by atoms with Crippen molar-refractivity contribution in [1.29, 1.82) is 0 Å². The number of aromatic amines is 3. The van der Waals surface area contributed by atoms with Crippen LogP contribution in [0.2, 0.25) is 0 Å². The Bertz CT molecular complexity index is 4020. The van der Waals surface area contributed by atoms with E-state index in [0.29, 0.717) is 12.1 Å². The van der Waals surface area contributed by atoms with Gasteiger partial charge in [0.15, 0.2) is 0 Å². The molecular weight excluding hydrogens is 1340 g/mol. The summed E-state index contributed by atoms with van der Waals surface area (Å²) in [6.07, 6.45) is 17.1. The Labute approximate surface area is 626 Å². The second-order valence-corrected chi connectivity index (χ2v) is 29.4. The van der Waals surface area contributed by atoms with E-state index in [1.165, 1.54) is 102 Å². The van der Waals surface area contributed by atoms with Gasteiger partial charge in [0.05, 0.1) is 85.6 Å². The molecule has 1 atom stereocenters. The number of benzene rings is 5. The monoisotopic (exact) mass is 1460 g/mol. The summed E-state index contributed by atoms with van der Waals surface area (Å²) in [5, 5.41) is 49.6. The lowest BCUT2D eigenvalue weighted by atomic mass is 9.86. The summed E-state index contributed by atoms with van der Waals surface area (Å²) in [6, 6.07) is 36.3. The molecule has 1 saturated heterocycles. The van der Waals surface area contributed by atoms with Gasteiger partial charge < -0.3 is 29.6 Å². The summed E-state index contributed by atoms with van der Waals surface area (Å²) in [5.41, 5.74) is 17.1. The Balaban J connectivity index is 0.000000167. The molecule has 5 N–H and O–H groups in total. The Kier molecular flexibility index (Phi) is 32.7. The maximum absolute atomic E-state index is 13.2. The standard InChI is InChI=1S/C18H27N3.C17H24FN3O2.C17H22FN3O.C16H20FN3.C16H22FN3/c1-6-11-21(5)13-15-12-19-20-17(15)14-7-9-16(10-8-14)18(2,3)4;1-3-8-20(2)9-14-10-21(11-16(23)12-22)19-17(14)13-4-6-15(18)7-5-13;1-3-8-20(2)9-14-10-21(16-11-22-12-16)19-17(14)13-4-6-15(18)7-5-13;1-2-9-20(15-7-8-15)11-13-10-18-19-16(13)12-3-5-14(17)6-4-12;1-4-9-20(12(2)3)11-14-10-18-19-16(14)13-5-7-15(17)8-6-13/h7-10,12H,6,11,13H2,1-5H3,(H,19,20);4-7,10,16,22-23H,3,8-9,11-12H2,1-2H3;4-7,10,16H,3,8-9,11-12H2,1-2H3;3-6,10,15H,2,7-9,11H2,1H3,(H,18,19);5-8,10,12H,4,9,11H2,1-3H3,(H,18,19). The molecule has 106 heavy (non-hydrogen) atoms. The molecule has 1 aliphatic carbocycles. The minimum absolute atomic E-state index is 0.191. The number of aliphatic hydroxyl groups is 2. The molecule has 6 heterocycles. The predicted octanol–water partition coefficient (Wildman–Crippen LogP) is 16.6. The molecule has 2 fully saturated rings. The molecule has 0 amide bonds. The van der Waals surface area contributed by atoms with Crippen LogP contribution < -0.4 is 0 Å². The van der Waals surface area contributed by atoms with Gasteiger partial charge in [-0.05, 0) is 226 Å². The van der Waals surface area contributed by atoms with E-state index in [0.717, 1.165) is 166 Å². The Morgan fingerprint density at radius 1 is 0.491 bits per heavy atom. The van der Waals surface area contributed by atoms with Crippen molar-refractivity contribution < 1.29 is 32.5 Å². The largest absolute Gasteiger partial charge is 0.394 e. The highest BCUT2D eigenvalue weighted by molar-refractivity contribution is 5.66. The second kappa shape index (κ2) is 41.6. The second-order valence-electron chi connectivity index (χ2n) is 29.4. The number of halogens is 4. The maximum atomic E-state index is 13.2. The van der Waals surface area contributed by atoms with Crippen LogP contribution in [0.1, 0.15) is 154 Å². The number of aromatic nitrogens is 10. The van der Waals surface area contributed by atoms with Crippen molar-refractivity contribution in [3.8, 4) is 56.3 Å². The molecule has 12 rings (SSSR count). The van der Waals surface area contributed by atoms with Crippen molar-refractivity contribution in [3.05, 3.63) is 209 Å². The van der Waals surface area contributed by atoms with Crippen LogP contribution >= 0.6 is 0 Å². The number of aliphatic hydroxyl groups excluding tert-OH is 2. The van der Waals surface area contributed by atoms with Crippen LogP contribution in [0.3, 0.4) is 0 Å². The molecule has 1 saturated carbocycles. The molecule has 0 radical (unpaired) electrons. The molecule has 0 spiro atoms. The lowest BCUT2D eigenvalue weighted by molar-refractivity contribution is -0.0286. The maximum Gasteiger partial charge on any atom is 0.123 e. The Hall–Kier alpha value is -8.45. The van der Waals surface area contributed by atoms with Crippen LogP contribution in [-0.2, 0) is 49.4 Å². The van der Waals surface area contributed by atoms with Crippen molar-refractivity contribution in [1.82, 2.24) is 74.7 Å². The van der Waals surface area contributed by atoms with Crippen LogP contribution in [0.25, 0.3) is 56.3 Å². The van der Waals surface area contributed by atoms with Crippen LogP contribution in [0.4, 0.5) is 17.6 Å². The first-order chi connectivity index (χ1) is 51.0. The van der Waals surface area contributed by atoms with Crippen LogP contribution in [0, 0.1) is 23.3 Å². The van der Waals surface area contributed by atoms with Crippen LogP contribution in [-0.4, -0.2) is 177 Å². The highest BCUT2D eigenvalue weighted by Crippen LogP contribution is 2.33. The third kappa shape index (κ3) is 25.4. The number of hydrogen-bond donors (Lipinski definition) is 5. The van der Waals surface area contributed by atoms with E-state index >= 15 is 0 Å². The van der Waals surface area contributed by atoms with Crippen molar-refractivity contribution >= 4 is 0 Å². The van der Waals surface area contributed by atoms with E-state index in [2.05, 4.69) is 174 Å². The summed E-state index contributed by atoms with van der Waals surface area (Å²) < 4.78 is 61.2. The Morgan fingerprint density at radius 3 is 1.25 bits per heavy atom. The lowest BCUT2D eigenvalue weighted by Gasteiger charge is -2.26. The van der Waals surface area contributed by atoms with E-state index < -0.39 is 6.10 Å². The van der Waals surface area contributed by atoms with Crippen LogP contribution in [0.5, 0.6) is 0 Å². The van der Waals surface area contributed by atoms with Crippen molar-refractivity contribution in [2.75, 3.05) is 73.7 Å². The molecule has 5 aromatic carbocycles. The normalized spacial score (nSPS) is 13.3. The molecule has 10 aromatic rings. The third-order valence-electron chi connectivity index (χ3n) is 18.6. The highest BCUT2D eigenvalue weighted by Gasteiger charge is 2.30. The van der Waals surface area contributed by atoms with Gasteiger partial charge >= 0.3 is 0 Å². The molecule has 0 bridgehead atoms. The summed E-state index contributed by atoms with van der Waals surface area (Å²) >= 11 is 0. The average molecular weight is 1460 g/mol. The lowest BCUT2D eigenvalue weighted by Crippen LogP contribution is -2.31. The van der Waals surface area contributed by atoms with E-state index in [9.17, 15) is 22.7 Å². The van der Waals surface area contributed by atoms with E-state index in [-0.39, 0.29) is 41.8 Å². The summed E-state index contributed by atoms with van der Waals surface area (Å²) in [4.78, 5) is 11.7. The van der Waals surface area contributed by atoms with Gasteiger partial charge in [0.25, 0.3) is 0 Å². The third-order valence-corrected chi connectivity index (χ3v) is 18.6. The number of ether oxygens (including phenoxy) is 1.